The van der Waals surface area contributed by atoms with Gasteiger partial charge in [-0.3, -0.25) is 14.0 Å². The van der Waals surface area contributed by atoms with Crippen LogP contribution in [0.25, 0.3) is 0 Å². The molecule has 0 fully saturated rings. The summed E-state index contributed by atoms with van der Waals surface area (Å²) < 4.78 is 13.3. The lowest BCUT2D eigenvalue weighted by Crippen LogP contribution is -2.33. The summed E-state index contributed by atoms with van der Waals surface area (Å²) >= 11 is 3.37. The number of hydrogen-bond acceptors (Lipinski definition) is 2. The Balaban J connectivity index is 2.74. The van der Waals surface area contributed by atoms with Gasteiger partial charge in [0.1, 0.15) is 0 Å². The van der Waals surface area contributed by atoms with E-state index in [1.807, 2.05) is 24.3 Å². The van der Waals surface area contributed by atoms with Gasteiger partial charge in [0, 0.05) is 35.1 Å². The summed E-state index contributed by atoms with van der Waals surface area (Å²) in [6.07, 6.45) is 2.09. The maximum atomic E-state index is 12.5. The molecule has 23 heavy (non-hydrogen) atoms. The number of amides is 1. The van der Waals surface area contributed by atoms with Gasteiger partial charge in [-0.05, 0) is 31.0 Å². The Morgan fingerprint density at radius 2 is 1.96 bits per heavy atom. The molecule has 1 rings (SSSR count). The number of nitrogens with zero attached hydrogens (tertiary/aromatic N) is 1. The second-order valence-corrected chi connectivity index (χ2v) is 6.10. The third-order valence-electron chi connectivity index (χ3n) is 3.34. The fraction of sp³-hybridized carbons (Fsp3) is 0.412. The van der Waals surface area contributed by atoms with Gasteiger partial charge >= 0.3 is 5.97 Å². The van der Waals surface area contributed by atoms with Crippen molar-refractivity contribution < 1.29 is 19.1 Å². The van der Waals surface area contributed by atoms with Crippen molar-refractivity contribution in [1.29, 1.82) is 0 Å². The van der Waals surface area contributed by atoms with Crippen LogP contribution >= 0.6 is 15.9 Å². The van der Waals surface area contributed by atoms with E-state index < -0.39 is 12.6 Å². The Hall–Kier alpha value is -1.69. The molecule has 6 heteroatoms. The highest BCUT2D eigenvalue weighted by Crippen LogP contribution is 2.22. The normalized spacial score (nSPS) is 10.3. The zero-order chi connectivity index (χ0) is 17.2. The Morgan fingerprint density at radius 1 is 1.22 bits per heavy atom. The van der Waals surface area contributed by atoms with E-state index in [4.69, 9.17) is 5.11 Å². The van der Waals surface area contributed by atoms with Gasteiger partial charge in [-0.15, -0.1) is 0 Å². The van der Waals surface area contributed by atoms with E-state index in [1.54, 1.807) is 4.90 Å². The number of hydrogen-bond donors (Lipinski definition) is 1. The standard InChI is InChI=1S/C17H21BrFNO3/c1-13(9-10-19)17(23)20(11-4-2-3-8-16(21)22)15-7-5-6-14(18)12-15/h5-7,12H,1-4,8-11H2,(H,21,22). The fourth-order valence-electron chi connectivity index (χ4n) is 2.13. The number of carboxylic acid groups (broad SMARTS) is 1. The van der Waals surface area contributed by atoms with Crippen molar-refractivity contribution in [2.45, 2.75) is 32.1 Å². The maximum Gasteiger partial charge on any atom is 0.303 e. The van der Waals surface area contributed by atoms with E-state index in [2.05, 4.69) is 22.5 Å². The van der Waals surface area contributed by atoms with Crippen molar-refractivity contribution in [2.24, 2.45) is 0 Å². The van der Waals surface area contributed by atoms with Crippen LogP contribution in [-0.2, 0) is 9.59 Å². The van der Waals surface area contributed by atoms with Crippen molar-refractivity contribution in [3.05, 3.63) is 40.9 Å². The number of unbranched alkanes of at least 4 members (excludes halogenated alkanes) is 2. The molecule has 1 N–H and O–H groups in total. The van der Waals surface area contributed by atoms with E-state index in [-0.39, 0.29) is 24.3 Å². The first-order valence-electron chi connectivity index (χ1n) is 7.48. The molecule has 1 aromatic carbocycles. The second-order valence-electron chi connectivity index (χ2n) is 5.18. The van der Waals surface area contributed by atoms with Gasteiger partial charge in [-0.2, -0.15) is 0 Å². The maximum absolute atomic E-state index is 12.5. The van der Waals surface area contributed by atoms with Crippen LogP contribution in [-0.4, -0.2) is 30.2 Å². The Kier molecular flexibility index (Phi) is 8.55. The number of carbonyl (C=O) groups excluding carboxylic acids is 1. The summed E-state index contributed by atoms with van der Waals surface area (Å²) in [5, 5.41) is 8.63. The summed E-state index contributed by atoms with van der Waals surface area (Å²) in [5.41, 5.74) is 0.945. The van der Waals surface area contributed by atoms with Crippen LogP contribution in [0.5, 0.6) is 0 Å². The Labute approximate surface area is 144 Å². The van der Waals surface area contributed by atoms with Crippen molar-refractivity contribution in [3.63, 3.8) is 0 Å². The Bertz CT molecular complexity index is 563. The number of carboxylic acids is 1. The first-order valence-corrected chi connectivity index (χ1v) is 8.28. The largest absolute Gasteiger partial charge is 0.481 e. The molecular formula is C17H21BrFNO3. The second kappa shape index (κ2) is 10.2. The first kappa shape index (κ1) is 19.4. The van der Waals surface area contributed by atoms with Crippen LogP contribution in [0.15, 0.2) is 40.9 Å². The van der Waals surface area contributed by atoms with Gasteiger partial charge < -0.3 is 10.0 Å². The minimum atomic E-state index is -0.818. The van der Waals surface area contributed by atoms with Crippen molar-refractivity contribution in [1.82, 2.24) is 0 Å². The fourth-order valence-corrected chi connectivity index (χ4v) is 2.51. The molecule has 4 nitrogen and oxygen atoms in total. The van der Waals surface area contributed by atoms with E-state index in [0.717, 1.165) is 4.47 Å². The zero-order valence-corrected chi connectivity index (χ0v) is 14.5. The van der Waals surface area contributed by atoms with Gasteiger partial charge in [0.25, 0.3) is 5.91 Å². The van der Waals surface area contributed by atoms with Gasteiger partial charge in [-0.1, -0.05) is 35.0 Å². The topological polar surface area (TPSA) is 57.6 Å². The number of anilines is 1. The SMILES string of the molecule is C=C(CCF)C(=O)N(CCCCCC(=O)O)c1cccc(Br)c1. The summed E-state index contributed by atoms with van der Waals surface area (Å²) in [7, 11) is 0. The van der Waals surface area contributed by atoms with E-state index in [1.165, 1.54) is 0 Å². The third kappa shape index (κ3) is 6.95. The molecule has 1 amide bonds. The van der Waals surface area contributed by atoms with E-state index in [0.29, 0.717) is 31.5 Å². The molecule has 0 atom stereocenters. The number of halogens is 2. The first-order chi connectivity index (χ1) is 11.0. The number of aliphatic carboxylic acids is 1. The summed E-state index contributed by atoms with van der Waals surface area (Å²) in [5.74, 6) is -1.11. The van der Waals surface area contributed by atoms with Crippen molar-refractivity contribution in [3.8, 4) is 0 Å². The van der Waals surface area contributed by atoms with Crippen molar-refractivity contribution in [2.75, 3.05) is 18.1 Å². The predicted molar refractivity (Wildman–Crippen MR) is 92.3 cm³/mol. The number of carbonyl (C=O) groups is 2. The quantitative estimate of drug-likeness (QED) is 0.481. The van der Waals surface area contributed by atoms with Crippen LogP contribution in [0.3, 0.4) is 0 Å². The highest BCUT2D eigenvalue weighted by Gasteiger charge is 2.18. The molecular weight excluding hydrogens is 365 g/mol. The van der Waals surface area contributed by atoms with Crippen LogP contribution in [0.2, 0.25) is 0 Å². The van der Waals surface area contributed by atoms with Gasteiger partial charge in [-0.25, -0.2) is 0 Å². The van der Waals surface area contributed by atoms with Gasteiger partial charge in [0.05, 0.1) is 6.67 Å². The predicted octanol–water partition coefficient (Wildman–Crippen LogP) is 4.34. The molecule has 0 heterocycles. The average Bonchev–Trinajstić information content (AvgIpc) is 2.50. The van der Waals surface area contributed by atoms with Crippen LogP contribution in [0.4, 0.5) is 10.1 Å². The molecule has 0 aliphatic rings. The van der Waals surface area contributed by atoms with E-state index in [9.17, 15) is 14.0 Å². The minimum absolute atomic E-state index is 0.0162. The lowest BCUT2D eigenvalue weighted by molar-refractivity contribution is -0.137. The molecule has 0 spiro atoms. The average molecular weight is 386 g/mol. The molecule has 0 unspecified atom stereocenters. The third-order valence-corrected chi connectivity index (χ3v) is 3.83. The molecule has 0 aromatic heterocycles. The minimum Gasteiger partial charge on any atom is -0.481 e. The van der Waals surface area contributed by atoms with Crippen LogP contribution in [0, 0.1) is 0 Å². The number of benzene rings is 1. The molecule has 0 saturated heterocycles. The molecule has 0 bridgehead atoms. The highest BCUT2D eigenvalue weighted by molar-refractivity contribution is 9.10. The van der Waals surface area contributed by atoms with Gasteiger partial charge in [0.2, 0.25) is 0 Å². The van der Waals surface area contributed by atoms with Crippen LogP contribution < -0.4 is 4.90 Å². The van der Waals surface area contributed by atoms with Gasteiger partial charge in [0.15, 0.2) is 0 Å². The molecule has 0 aliphatic carbocycles. The molecule has 1 aromatic rings. The van der Waals surface area contributed by atoms with Crippen LogP contribution in [0.1, 0.15) is 32.1 Å². The molecule has 0 saturated carbocycles. The molecule has 0 aliphatic heterocycles. The van der Waals surface area contributed by atoms with Crippen molar-refractivity contribution >= 4 is 33.5 Å². The Morgan fingerprint density at radius 3 is 2.57 bits per heavy atom. The number of rotatable bonds is 10. The zero-order valence-electron chi connectivity index (χ0n) is 12.9. The summed E-state index contributed by atoms with van der Waals surface area (Å²) in [4.78, 5) is 24.5. The van der Waals surface area contributed by atoms with E-state index >= 15 is 0 Å². The smallest absolute Gasteiger partial charge is 0.303 e. The molecule has 126 valence electrons. The summed E-state index contributed by atoms with van der Waals surface area (Å²) in [6, 6.07) is 7.30. The monoisotopic (exact) mass is 385 g/mol. The summed E-state index contributed by atoms with van der Waals surface area (Å²) in [6.45, 7) is 3.49. The lowest BCUT2D eigenvalue weighted by atomic mass is 10.1. The lowest BCUT2D eigenvalue weighted by Gasteiger charge is -2.24. The molecule has 0 radical (unpaired) electrons. The number of alkyl halides is 1. The highest BCUT2D eigenvalue weighted by atomic mass is 79.9.